The average molecular weight is 199 g/mol. The zero-order valence-electron chi connectivity index (χ0n) is 8.77. The molecule has 1 heterocycles. The van der Waals surface area contributed by atoms with Crippen LogP contribution in [-0.4, -0.2) is 44.7 Å². The number of rotatable bonds is 4. The molecule has 1 saturated heterocycles. The third-order valence-electron chi connectivity index (χ3n) is 2.49. The van der Waals surface area contributed by atoms with Gasteiger partial charge in [0.05, 0.1) is 0 Å². The molecule has 0 unspecified atom stereocenters. The molecular formula is C11H25N3. The van der Waals surface area contributed by atoms with Crippen molar-refractivity contribution in [3.8, 4) is 0 Å². The summed E-state index contributed by atoms with van der Waals surface area (Å²) in [6, 6.07) is 0. The molecule has 0 aromatic heterocycles. The molecule has 0 saturated carbocycles. The fourth-order valence-electron chi connectivity index (χ4n) is 1.69. The third-order valence-corrected chi connectivity index (χ3v) is 2.49. The van der Waals surface area contributed by atoms with Crippen LogP contribution in [0.3, 0.4) is 0 Å². The molecule has 0 radical (unpaired) electrons. The number of allylic oxidation sites excluding steroid dienone is 1. The molecule has 0 aliphatic carbocycles. The van der Waals surface area contributed by atoms with Crippen molar-refractivity contribution >= 4 is 0 Å². The highest BCUT2D eigenvalue weighted by atomic mass is 15.2. The first-order chi connectivity index (χ1) is 6.38. The normalized spacial score (nSPS) is 17.9. The fourth-order valence-corrected chi connectivity index (χ4v) is 1.69. The quantitative estimate of drug-likeness (QED) is 0.708. The smallest absolute Gasteiger partial charge is 0.0300 e. The second kappa shape index (κ2) is 7.83. The first-order valence-electron chi connectivity index (χ1n) is 5.14. The van der Waals surface area contributed by atoms with E-state index in [1.807, 2.05) is 7.05 Å². The van der Waals surface area contributed by atoms with E-state index in [1.54, 1.807) is 0 Å². The van der Waals surface area contributed by atoms with E-state index in [2.05, 4.69) is 28.5 Å². The summed E-state index contributed by atoms with van der Waals surface area (Å²) in [6.45, 7) is 7.76. The van der Waals surface area contributed by atoms with E-state index in [1.165, 1.54) is 5.70 Å². The Morgan fingerprint density at radius 2 is 2.07 bits per heavy atom. The summed E-state index contributed by atoms with van der Waals surface area (Å²) in [7, 11) is 2.00. The predicted octanol–water partition coefficient (Wildman–Crippen LogP) is 1.04. The molecule has 1 aliphatic heterocycles. The number of piperazine rings is 1. The van der Waals surface area contributed by atoms with Crippen molar-refractivity contribution in [3.05, 3.63) is 11.8 Å². The van der Waals surface area contributed by atoms with Gasteiger partial charge in [-0.3, -0.25) is 0 Å². The van der Waals surface area contributed by atoms with Crippen molar-refractivity contribution in [3.63, 3.8) is 0 Å². The molecule has 0 spiro atoms. The Morgan fingerprint density at radius 3 is 2.57 bits per heavy atom. The van der Waals surface area contributed by atoms with Gasteiger partial charge in [-0.1, -0.05) is 13.5 Å². The summed E-state index contributed by atoms with van der Waals surface area (Å²) in [5.41, 5.74) is 1.48. The SMILES string of the molecule is C.C/C=C(\CCNC)N1CCNCC1. The van der Waals surface area contributed by atoms with Gasteiger partial charge >= 0.3 is 0 Å². The summed E-state index contributed by atoms with van der Waals surface area (Å²) in [6.07, 6.45) is 3.38. The number of hydrogen-bond donors (Lipinski definition) is 2. The molecule has 1 rings (SSSR count). The van der Waals surface area contributed by atoms with Crippen molar-refractivity contribution in [1.29, 1.82) is 0 Å². The lowest BCUT2D eigenvalue weighted by Crippen LogP contribution is -2.43. The fraction of sp³-hybridized carbons (Fsp3) is 0.818. The van der Waals surface area contributed by atoms with Crippen LogP contribution in [0.15, 0.2) is 11.8 Å². The van der Waals surface area contributed by atoms with Gasteiger partial charge in [-0.05, 0) is 20.4 Å². The lowest BCUT2D eigenvalue weighted by atomic mass is 10.2. The highest BCUT2D eigenvalue weighted by molar-refractivity contribution is 5.01. The molecule has 0 bridgehead atoms. The highest BCUT2D eigenvalue weighted by Gasteiger charge is 2.11. The molecule has 0 amide bonds. The number of nitrogens with one attached hydrogen (secondary N) is 2. The maximum atomic E-state index is 3.37. The topological polar surface area (TPSA) is 27.3 Å². The van der Waals surface area contributed by atoms with E-state index in [4.69, 9.17) is 0 Å². The Labute approximate surface area is 88.6 Å². The maximum absolute atomic E-state index is 3.37. The number of nitrogens with zero attached hydrogens (tertiary/aromatic N) is 1. The second-order valence-electron chi connectivity index (χ2n) is 3.37. The molecular weight excluding hydrogens is 174 g/mol. The van der Waals surface area contributed by atoms with Crippen molar-refractivity contribution in [2.24, 2.45) is 0 Å². The summed E-state index contributed by atoms with van der Waals surface area (Å²) >= 11 is 0. The Balaban J connectivity index is 0.00000169. The van der Waals surface area contributed by atoms with E-state index in [-0.39, 0.29) is 7.43 Å². The largest absolute Gasteiger partial charge is 0.372 e. The second-order valence-corrected chi connectivity index (χ2v) is 3.37. The standard InChI is InChI=1S/C10H21N3.CH4/c1-3-10(4-5-11-2)13-8-6-12-7-9-13;/h3,11-12H,4-9H2,1-2H3;1H4/b10-3+;. The van der Waals surface area contributed by atoms with E-state index >= 15 is 0 Å². The van der Waals surface area contributed by atoms with E-state index in [0.717, 1.165) is 39.1 Å². The van der Waals surface area contributed by atoms with Gasteiger partial charge in [-0.2, -0.15) is 0 Å². The molecule has 3 heteroatoms. The molecule has 84 valence electrons. The molecule has 1 fully saturated rings. The first kappa shape index (κ1) is 13.5. The van der Waals surface area contributed by atoms with Crippen molar-refractivity contribution < 1.29 is 0 Å². The lowest BCUT2D eigenvalue weighted by Gasteiger charge is -2.31. The van der Waals surface area contributed by atoms with Crippen LogP contribution in [0.25, 0.3) is 0 Å². The Hall–Kier alpha value is -0.540. The van der Waals surface area contributed by atoms with Gasteiger partial charge in [-0.15, -0.1) is 0 Å². The monoisotopic (exact) mass is 199 g/mol. The van der Waals surface area contributed by atoms with Crippen LogP contribution >= 0.6 is 0 Å². The van der Waals surface area contributed by atoms with Crippen molar-refractivity contribution in [2.75, 3.05) is 39.8 Å². The zero-order chi connectivity index (χ0) is 9.52. The lowest BCUT2D eigenvalue weighted by molar-refractivity contribution is 0.289. The molecule has 2 N–H and O–H groups in total. The predicted molar refractivity (Wildman–Crippen MR) is 63.5 cm³/mol. The molecule has 0 aromatic carbocycles. The third kappa shape index (κ3) is 4.11. The minimum Gasteiger partial charge on any atom is -0.372 e. The summed E-state index contributed by atoms with van der Waals surface area (Å²) < 4.78 is 0. The average Bonchev–Trinajstić information content (AvgIpc) is 2.21. The maximum Gasteiger partial charge on any atom is 0.0300 e. The van der Waals surface area contributed by atoms with Gasteiger partial charge in [0.2, 0.25) is 0 Å². The molecule has 0 atom stereocenters. The van der Waals surface area contributed by atoms with Crippen LogP contribution in [0, 0.1) is 0 Å². The summed E-state index contributed by atoms with van der Waals surface area (Å²) in [4.78, 5) is 2.48. The highest BCUT2D eigenvalue weighted by Crippen LogP contribution is 2.08. The minimum atomic E-state index is 0. The molecule has 1 aliphatic rings. The number of hydrogen-bond acceptors (Lipinski definition) is 3. The van der Waals surface area contributed by atoms with Gasteiger partial charge in [0.1, 0.15) is 0 Å². The first-order valence-corrected chi connectivity index (χ1v) is 5.14. The Bertz CT molecular complexity index is 160. The summed E-state index contributed by atoms with van der Waals surface area (Å²) in [5.74, 6) is 0. The van der Waals surface area contributed by atoms with Gasteiger partial charge in [0.15, 0.2) is 0 Å². The van der Waals surface area contributed by atoms with Crippen LogP contribution in [0.2, 0.25) is 0 Å². The summed E-state index contributed by atoms with van der Waals surface area (Å²) in [5, 5.41) is 6.55. The van der Waals surface area contributed by atoms with Crippen LogP contribution < -0.4 is 10.6 Å². The Kier molecular flexibility index (Phi) is 7.52. The zero-order valence-corrected chi connectivity index (χ0v) is 8.77. The van der Waals surface area contributed by atoms with Gasteiger partial charge in [0, 0.05) is 38.4 Å². The van der Waals surface area contributed by atoms with E-state index in [0.29, 0.717) is 0 Å². The van der Waals surface area contributed by atoms with Crippen molar-refractivity contribution in [2.45, 2.75) is 20.8 Å². The van der Waals surface area contributed by atoms with Crippen molar-refractivity contribution in [1.82, 2.24) is 15.5 Å². The minimum absolute atomic E-state index is 0. The van der Waals surface area contributed by atoms with Gasteiger partial charge < -0.3 is 15.5 Å². The van der Waals surface area contributed by atoms with Crippen LogP contribution in [0.5, 0.6) is 0 Å². The van der Waals surface area contributed by atoms with E-state index < -0.39 is 0 Å². The van der Waals surface area contributed by atoms with Gasteiger partial charge in [0.25, 0.3) is 0 Å². The van der Waals surface area contributed by atoms with Crippen LogP contribution in [0.1, 0.15) is 20.8 Å². The van der Waals surface area contributed by atoms with Crippen LogP contribution in [-0.2, 0) is 0 Å². The molecule has 0 aromatic rings. The van der Waals surface area contributed by atoms with Crippen LogP contribution in [0.4, 0.5) is 0 Å². The van der Waals surface area contributed by atoms with E-state index in [9.17, 15) is 0 Å². The van der Waals surface area contributed by atoms with Gasteiger partial charge in [-0.25, -0.2) is 0 Å². The molecule has 14 heavy (non-hydrogen) atoms. The molecule has 3 nitrogen and oxygen atoms in total. The Morgan fingerprint density at radius 1 is 1.43 bits per heavy atom.